The van der Waals surface area contributed by atoms with Gasteiger partial charge < -0.3 is 0 Å². The maximum Gasteiger partial charge on any atom is 0.100 e. The quantitative estimate of drug-likeness (QED) is 0.551. The van der Waals surface area contributed by atoms with Crippen molar-refractivity contribution in [1.82, 2.24) is 0 Å². The van der Waals surface area contributed by atoms with E-state index < -0.39 is 6.17 Å². The number of rotatable bonds is 4. The molecule has 1 atom stereocenters. The first-order valence-electron chi connectivity index (χ1n) is 3.80. The zero-order valence-corrected chi connectivity index (χ0v) is 6.65. The van der Waals surface area contributed by atoms with Gasteiger partial charge in [-0.15, -0.1) is 0 Å². The molecule has 0 radical (unpaired) electrons. The molecule has 0 spiro atoms. The van der Waals surface area contributed by atoms with Gasteiger partial charge in [0.05, 0.1) is 0 Å². The Labute approximate surface area is 57.5 Å². The molecule has 0 saturated carbocycles. The van der Waals surface area contributed by atoms with Crippen molar-refractivity contribution in [2.24, 2.45) is 5.92 Å². The van der Waals surface area contributed by atoms with Crippen LogP contribution in [0.15, 0.2) is 0 Å². The normalized spacial score (nSPS) is 14.3. The molecule has 0 rings (SSSR count). The van der Waals surface area contributed by atoms with Gasteiger partial charge in [0, 0.05) is 0 Å². The lowest BCUT2D eigenvalue weighted by Crippen LogP contribution is -2.03. The molecule has 0 fully saturated rings. The van der Waals surface area contributed by atoms with Gasteiger partial charge in [-0.1, -0.05) is 27.2 Å². The Hall–Kier alpha value is -0.0700. The van der Waals surface area contributed by atoms with E-state index in [-0.39, 0.29) is 0 Å². The van der Waals surface area contributed by atoms with Gasteiger partial charge in [0.1, 0.15) is 6.17 Å². The Morgan fingerprint density at radius 3 is 2.22 bits per heavy atom. The zero-order valence-electron chi connectivity index (χ0n) is 6.65. The minimum Gasteiger partial charge on any atom is -0.247 e. The van der Waals surface area contributed by atoms with Crippen molar-refractivity contribution in [3.63, 3.8) is 0 Å². The van der Waals surface area contributed by atoms with E-state index in [9.17, 15) is 4.39 Å². The molecule has 9 heavy (non-hydrogen) atoms. The van der Waals surface area contributed by atoms with Gasteiger partial charge in [-0.3, -0.25) is 0 Å². The van der Waals surface area contributed by atoms with Gasteiger partial charge in [0.15, 0.2) is 0 Å². The van der Waals surface area contributed by atoms with Crippen molar-refractivity contribution in [2.45, 2.75) is 46.2 Å². The Balaban J connectivity index is 3.15. The molecule has 0 N–H and O–H groups in total. The summed E-state index contributed by atoms with van der Waals surface area (Å²) in [5.41, 5.74) is 0. The summed E-state index contributed by atoms with van der Waals surface area (Å²) >= 11 is 0. The third-order valence-electron chi connectivity index (χ3n) is 1.33. The highest BCUT2D eigenvalue weighted by Gasteiger charge is 2.06. The fraction of sp³-hybridized carbons (Fsp3) is 1.00. The molecular weight excluding hydrogens is 115 g/mol. The maximum atomic E-state index is 12.7. The second-order valence-corrected chi connectivity index (χ2v) is 3.02. The molecule has 0 nitrogen and oxygen atoms in total. The SMILES string of the molecule is CCCC(F)CC(C)C. The Morgan fingerprint density at radius 1 is 1.33 bits per heavy atom. The summed E-state index contributed by atoms with van der Waals surface area (Å²) in [6, 6.07) is 0. The third kappa shape index (κ3) is 5.81. The van der Waals surface area contributed by atoms with Crippen LogP contribution in [0.4, 0.5) is 4.39 Å². The van der Waals surface area contributed by atoms with Crippen LogP contribution in [0.3, 0.4) is 0 Å². The van der Waals surface area contributed by atoms with Crippen LogP contribution in [0.2, 0.25) is 0 Å². The molecule has 0 aliphatic carbocycles. The number of hydrogen-bond donors (Lipinski definition) is 0. The van der Waals surface area contributed by atoms with Crippen molar-refractivity contribution < 1.29 is 4.39 Å². The van der Waals surface area contributed by atoms with Crippen LogP contribution in [0, 0.1) is 5.92 Å². The maximum absolute atomic E-state index is 12.7. The van der Waals surface area contributed by atoms with E-state index in [4.69, 9.17) is 0 Å². The smallest absolute Gasteiger partial charge is 0.100 e. The van der Waals surface area contributed by atoms with Gasteiger partial charge in [0.25, 0.3) is 0 Å². The van der Waals surface area contributed by atoms with E-state index in [1.807, 2.05) is 6.92 Å². The van der Waals surface area contributed by atoms with Crippen LogP contribution >= 0.6 is 0 Å². The molecule has 56 valence electrons. The van der Waals surface area contributed by atoms with E-state index in [2.05, 4.69) is 13.8 Å². The van der Waals surface area contributed by atoms with Crippen LogP contribution < -0.4 is 0 Å². The lowest BCUT2D eigenvalue weighted by Gasteiger charge is -2.07. The van der Waals surface area contributed by atoms with E-state index >= 15 is 0 Å². The molecule has 0 aromatic carbocycles. The van der Waals surface area contributed by atoms with Crippen molar-refractivity contribution in [2.75, 3.05) is 0 Å². The Kier molecular flexibility index (Phi) is 4.74. The van der Waals surface area contributed by atoms with Gasteiger partial charge in [0.2, 0.25) is 0 Å². The van der Waals surface area contributed by atoms with Crippen LogP contribution in [0.5, 0.6) is 0 Å². The highest BCUT2D eigenvalue weighted by atomic mass is 19.1. The van der Waals surface area contributed by atoms with Gasteiger partial charge in [-0.05, 0) is 18.8 Å². The first-order chi connectivity index (χ1) is 4.16. The molecule has 0 aliphatic heterocycles. The van der Waals surface area contributed by atoms with Crippen molar-refractivity contribution in [3.05, 3.63) is 0 Å². The summed E-state index contributed by atoms with van der Waals surface area (Å²) < 4.78 is 12.7. The minimum absolute atomic E-state index is 0.506. The fourth-order valence-electron chi connectivity index (χ4n) is 0.943. The van der Waals surface area contributed by atoms with Crippen LogP contribution in [-0.4, -0.2) is 6.17 Å². The number of halogens is 1. The van der Waals surface area contributed by atoms with Crippen LogP contribution in [0.25, 0.3) is 0 Å². The van der Waals surface area contributed by atoms with E-state index in [0.29, 0.717) is 5.92 Å². The Bertz CT molecular complexity index is 59.6. The molecule has 0 bridgehead atoms. The molecule has 1 unspecified atom stereocenters. The average Bonchev–Trinajstić information content (AvgIpc) is 1.63. The highest BCUT2D eigenvalue weighted by molar-refractivity contribution is 4.57. The first kappa shape index (κ1) is 8.93. The van der Waals surface area contributed by atoms with Crippen molar-refractivity contribution in [1.29, 1.82) is 0 Å². The number of hydrogen-bond acceptors (Lipinski definition) is 0. The zero-order chi connectivity index (χ0) is 7.28. The lowest BCUT2D eigenvalue weighted by atomic mass is 10.0. The monoisotopic (exact) mass is 132 g/mol. The van der Waals surface area contributed by atoms with Gasteiger partial charge in [-0.2, -0.15) is 0 Å². The lowest BCUT2D eigenvalue weighted by molar-refractivity contribution is 0.265. The van der Waals surface area contributed by atoms with Gasteiger partial charge >= 0.3 is 0 Å². The summed E-state index contributed by atoms with van der Waals surface area (Å²) in [7, 11) is 0. The van der Waals surface area contributed by atoms with Crippen molar-refractivity contribution in [3.8, 4) is 0 Å². The van der Waals surface area contributed by atoms with E-state index in [1.54, 1.807) is 0 Å². The second-order valence-electron chi connectivity index (χ2n) is 3.02. The molecule has 0 amide bonds. The van der Waals surface area contributed by atoms with Crippen LogP contribution in [-0.2, 0) is 0 Å². The highest BCUT2D eigenvalue weighted by Crippen LogP contribution is 2.12. The minimum atomic E-state index is -0.560. The molecule has 0 aliphatic rings. The van der Waals surface area contributed by atoms with E-state index in [0.717, 1.165) is 19.3 Å². The standard InChI is InChI=1S/C8H17F/c1-4-5-8(9)6-7(2)3/h7-8H,4-6H2,1-3H3. The van der Waals surface area contributed by atoms with E-state index in [1.165, 1.54) is 0 Å². The number of alkyl halides is 1. The fourth-order valence-corrected chi connectivity index (χ4v) is 0.943. The average molecular weight is 132 g/mol. The summed E-state index contributed by atoms with van der Waals surface area (Å²) in [6.45, 7) is 6.14. The molecule has 0 saturated heterocycles. The van der Waals surface area contributed by atoms with Gasteiger partial charge in [-0.25, -0.2) is 4.39 Å². The summed E-state index contributed by atoms with van der Waals surface area (Å²) in [5.74, 6) is 0.506. The van der Waals surface area contributed by atoms with Crippen LogP contribution in [0.1, 0.15) is 40.0 Å². The molecule has 0 heterocycles. The Morgan fingerprint density at radius 2 is 1.89 bits per heavy atom. The molecule has 0 aromatic rings. The molecule has 0 aromatic heterocycles. The predicted molar refractivity (Wildman–Crippen MR) is 39.3 cm³/mol. The molecular formula is C8H17F. The third-order valence-corrected chi connectivity index (χ3v) is 1.33. The molecule has 1 heteroatoms. The van der Waals surface area contributed by atoms with Crippen molar-refractivity contribution >= 4 is 0 Å². The largest absolute Gasteiger partial charge is 0.247 e. The summed E-state index contributed by atoms with van der Waals surface area (Å²) in [5, 5.41) is 0. The topological polar surface area (TPSA) is 0 Å². The summed E-state index contributed by atoms with van der Waals surface area (Å²) in [4.78, 5) is 0. The second kappa shape index (κ2) is 4.78. The first-order valence-corrected chi connectivity index (χ1v) is 3.80. The summed E-state index contributed by atoms with van der Waals surface area (Å²) in [6.07, 6.45) is 1.87. The predicted octanol–water partition coefficient (Wildman–Crippen LogP) is 3.17.